The minimum Gasteiger partial charge on any atom is -0.316 e. The smallest absolute Gasteiger partial charge is 0.0766 e. The van der Waals surface area contributed by atoms with Gasteiger partial charge >= 0.3 is 0 Å². The molecule has 0 bridgehead atoms. The van der Waals surface area contributed by atoms with Gasteiger partial charge in [0.25, 0.3) is 0 Å². The minimum atomic E-state index is 0.0521. The summed E-state index contributed by atoms with van der Waals surface area (Å²) in [6.07, 6.45) is 5.11. The van der Waals surface area contributed by atoms with Crippen molar-refractivity contribution in [1.82, 2.24) is 15.1 Å². The molecule has 0 saturated heterocycles. The predicted octanol–water partition coefficient (Wildman–Crippen LogP) is 3.48. The van der Waals surface area contributed by atoms with Crippen LogP contribution in [0, 0.1) is 5.41 Å². The van der Waals surface area contributed by atoms with Crippen LogP contribution in [0.5, 0.6) is 0 Å². The highest BCUT2D eigenvalue weighted by atomic mass is 79.9. The molecule has 0 radical (unpaired) electrons. The van der Waals surface area contributed by atoms with Crippen LogP contribution < -0.4 is 5.32 Å². The summed E-state index contributed by atoms with van der Waals surface area (Å²) in [5.74, 6) is 0. The van der Waals surface area contributed by atoms with Gasteiger partial charge in [-0.1, -0.05) is 26.8 Å². The Morgan fingerprint density at radius 2 is 2.16 bits per heavy atom. The Bertz CT molecular complexity index is 425. The third-order valence-electron chi connectivity index (χ3n) is 3.52. The first-order chi connectivity index (χ1) is 8.97. The van der Waals surface area contributed by atoms with Gasteiger partial charge in [-0.05, 0) is 35.3 Å². The molecule has 0 amide bonds. The van der Waals surface area contributed by atoms with Crippen LogP contribution in [0.25, 0.3) is 0 Å². The summed E-state index contributed by atoms with van der Waals surface area (Å²) in [6, 6.07) is 0. The van der Waals surface area contributed by atoms with E-state index in [1.807, 2.05) is 11.7 Å². The molecular weight excluding hydrogens is 302 g/mol. The third-order valence-corrected chi connectivity index (χ3v) is 4.44. The zero-order valence-electron chi connectivity index (χ0n) is 12.6. The van der Waals surface area contributed by atoms with Gasteiger partial charge in [-0.15, -0.1) is 6.58 Å². The van der Waals surface area contributed by atoms with E-state index in [1.54, 1.807) is 0 Å². The molecule has 1 rings (SSSR count). The van der Waals surface area contributed by atoms with Crippen LogP contribution in [0.15, 0.2) is 17.1 Å². The number of aromatic nitrogens is 2. The molecule has 3 nitrogen and oxygen atoms in total. The Morgan fingerprint density at radius 3 is 2.63 bits per heavy atom. The van der Waals surface area contributed by atoms with Crippen molar-refractivity contribution in [1.29, 1.82) is 0 Å². The molecule has 1 atom stereocenters. The highest BCUT2D eigenvalue weighted by Gasteiger charge is 2.24. The average Bonchev–Trinajstić information content (AvgIpc) is 2.66. The second-order valence-electron chi connectivity index (χ2n) is 5.40. The van der Waals surface area contributed by atoms with Crippen molar-refractivity contribution in [3.05, 3.63) is 28.5 Å². The Kier molecular flexibility index (Phi) is 6.27. The van der Waals surface area contributed by atoms with Crippen molar-refractivity contribution in [2.45, 2.75) is 40.0 Å². The molecule has 4 heteroatoms. The first kappa shape index (κ1) is 16.4. The molecule has 1 unspecified atom stereocenters. The average molecular weight is 328 g/mol. The fraction of sp³-hybridized carbons (Fsp3) is 0.667. The Labute approximate surface area is 125 Å². The molecule has 1 N–H and O–H groups in total. The van der Waals surface area contributed by atoms with Crippen LogP contribution >= 0.6 is 15.9 Å². The molecule has 0 aliphatic carbocycles. The lowest BCUT2D eigenvalue weighted by molar-refractivity contribution is 0.381. The van der Waals surface area contributed by atoms with Crippen LogP contribution in [-0.2, 0) is 19.9 Å². The van der Waals surface area contributed by atoms with Gasteiger partial charge in [-0.25, -0.2) is 0 Å². The lowest BCUT2D eigenvalue weighted by atomic mass is 9.85. The molecule has 19 heavy (non-hydrogen) atoms. The predicted molar refractivity (Wildman–Crippen MR) is 85.5 cm³/mol. The second-order valence-corrected chi connectivity index (χ2v) is 6.19. The van der Waals surface area contributed by atoms with E-state index in [4.69, 9.17) is 0 Å². The number of rotatable bonds is 8. The molecule has 0 fully saturated rings. The largest absolute Gasteiger partial charge is 0.316 e. The SMILES string of the molecule is C=CC(C)(CNCCC)Cc1c(Br)c(CC)nn1C. The van der Waals surface area contributed by atoms with Crippen LogP contribution in [0.2, 0.25) is 0 Å². The summed E-state index contributed by atoms with van der Waals surface area (Å²) in [5, 5.41) is 8.05. The molecule has 0 aliphatic heterocycles. The highest BCUT2D eigenvalue weighted by Crippen LogP contribution is 2.29. The summed E-state index contributed by atoms with van der Waals surface area (Å²) < 4.78 is 3.14. The van der Waals surface area contributed by atoms with Gasteiger partial charge in [-0.3, -0.25) is 4.68 Å². The maximum Gasteiger partial charge on any atom is 0.0766 e. The van der Waals surface area contributed by atoms with Gasteiger partial charge < -0.3 is 5.32 Å². The summed E-state index contributed by atoms with van der Waals surface area (Å²) in [5.41, 5.74) is 2.43. The minimum absolute atomic E-state index is 0.0521. The van der Waals surface area contributed by atoms with Gasteiger partial charge in [0.2, 0.25) is 0 Å². The molecule has 1 aromatic rings. The van der Waals surface area contributed by atoms with Gasteiger partial charge in [0.15, 0.2) is 0 Å². The molecule has 108 valence electrons. The highest BCUT2D eigenvalue weighted by molar-refractivity contribution is 9.10. The third kappa shape index (κ3) is 4.18. The van der Waals surface area contributed by atoms with Crippen LogP contribution in [-0.4, -0.2) is 22.9 Å². The molecule has 1 aromatic heterocycles. The first-order valence-electron chi connectivity index (χ1n) is 7.02. The summed E-state index contributed by atoms with van der Waals surface area (Å²) in [6.45, 7) is 12.6. The quantitative estimate of drug-likeness (QED) is 0.585. The van der Waals surface area contributed by atoms with Gasteiger partial charge in [0.1, 0.15) is 0 Å². The summed E-state index contributed by atoms with van der Waals surface area (Å²) in [7, 11) is 2.02. The van der Waals surface area contributed by atoms with E-state index in [-0.39, 0.29) is 5.41 Å². The van der Waals surface area contributed by atoms with Gasteiger partial charge in [0.05, 0.1) is 15.9 Å². The van der Waals surface area contributed by atoms with E-state index >= 15 is 0 Å². The number of nitrogens with one attached hydrogen (secondary N) is 1. The fourth-order valence-electron chi connectivity index (χ4n) is 2.15. The van der Waals surface area contributed by atoms with E-state index < -0.39 is 0 Å². The van der Waals surface area contributed by atoms with Crippen LogP contribution in [0.4, 0.5) is 0 Å². The topological polar surface area (TPSA) is 29.9 Å². The zero-order valence-corrected chi connectivity index (χ0v) is 14.2. The molecule has 0 spiro atoms. The Hall–Kier alpha value is -0.610. The zero-order chi connectivity index (χ0) is 14.5. The lowest BCUT2D eigenvalue weighted by Gasteiger charge is -2.26. The van der Waals surface area contributed by atoms with Gasteiger partial charge in [-0.2, -0.15) is 5.10 Å². The number of hydrogen-bond donors (Lipinski definition) is 1. The molecule has 0 aliphatic rings. The van der Waals surface area contributed by atoms with Crippen molar-refractivity contribution in [3.63, 3.8) is 0 Å². The van der Waals surface area contributed by atoms with Crippen molar-refractivity contribution >= 4 is 15.9 Å². The summed E-state index contributed by atoms with van der Waals surface area (Å²) >= 11 is 3.69. The van der Waals surface area contributed by atoms with E-state index in [9.17, 15) is 0 Å². The Balaban J connectivity index is 2.85. The number of halogens is 1. The van der Waals surface area contributed by atoms with Crippen molar-refractivity contribution < 1.29 is 0 Å². The van der Waals surface area contributed by atoms with E-state index in [2.05, 4.69) is 59.8 Å². The standard InChI is InChI=1S/C15H26BrN3/c1-6-9-17-11-15(4,8-3)10-13-14(16)12(7-2)18-19(13)5/h8,17H,3,6-7,9-11H2,1-2,4-5H3. The Morgan fingerprint density at radius 1 is 1.47 bits per heavy atom. The maximum absolute atomic E-state index is 4.56. The van der Waals surface area contributed by atoms with E-state index in [0.717, 1.165) is 42.5 Å². The van der Waals surface area contributed by atoms with Gasteiger partial charge in [0, 0.05) is 25.4 Å². The number of nitrogens with zero attached hydrogens (tertiary/aromatic N) is 2. The van der Waals surface area contributed by atoms with Crippen LogP contribution in [0.3, 0.4) is 0 Å². The maximum atomic E-state index is 4.56. The van der Waals surface area contributed by atoms with Crippen molar-refractivity contribution in [2.24, 2.45) is 12.5 Å². The fourth-order valence-corrected chi connectivity index (χ4v) is 2.91. The number of aryl methyl sites for hydroxylation is 2. The molecule has 0 aromatic carbocycles. The number of hydrogen-bond acceptors (Lipinski definition) is 2. The lowest BCUT2D eigenvalue weighted by Crippen LogP contribution is -2.33. The molecular formula is C15H26BrN3. The van der Waals surface area contributed by atoms with Crippen molar-refractivity contribution in [3.8, 4) is 0 Å². The first-order valence-corrected chi connectivity index (χ1v) is 7.81. The monoisotopic (exact) mass is 327 g/mol. The van der Waals surface area contributed by atoms with E-state index in [1.165, 1.54) is 5.69 Å². The summed E-state index contributed by atoms with van der Waals surface area (Å²) in [4.78, 5) is 0. The molecule has 1 heterocycles. The van der Waals surface area contributed by atoms with E-state index in [0.29, 0.717) is 0 Å². The normalized spacial score (nSPS) is 14.4. The second kappa shape index (κ2) is 7.25. The molecule has 0 saturated carbocycles. The van der Waals surface area contributed by atoms with Crippen LogP contribution in [0.1, 0.15) is 38.6 Å². The van der Waals surface area contributed by atoms with Crippen molar-refractivity contribution in [2.75, 3.05) is 13.1 Å².